The van der Waals surface area contributed by atoms with Crippen molar-refractivity contribution in [2.45, 2.75) is 133 Å². The van der Waals surface area contributed by atoms with E-state index in [2.05, 4.69) is 16.0 Å². The fourth-order valence-corrected chi connectivity index (χ4v) is 5.58. The molecule has 0 radical (unpaired) electrons. The lowest BCUT2D eigenvalue weighted by molar-refractivity contribution is -0.269. The number of amides is 3. The van der Waals surface area contributed by atoms with Gasteiger partial charge in [-0.25, -0.2) is 4.79 Å². The first-order valence-corrected chi connectivity index (χ1v) is 15.5. The topological polar surface area (TPSA) is 219 Å². The summed E-state index contributed by atoms with van der Waals surface area (Å²) >= 11 is 0. The Morgan fingerprint density at radius 3 is 2.09 bits per heavy atom. The Hall–Kier alpha value is -2.85. The smallest absolute Gasteiger partial charge is 0.328 e. The molecule has 15 nitrogen and oxygen atoms in total. The molecule has 0 bridgehead atoms. The summed E-state index contributed by atoms with van der Waals surface area (Å²) in [7, 11) is 0. The fourth-order valence-electron chi connectivity index (χ4n) is 5.58. The van der Waals surface area contributed by atoms with Crippen LogP contribution in [0.25, 0.3) is 0 Å². The van der Waals surface area contributed by atoms with E-state index in [-0.39, 0.29) is 51.0 Å². The zero-order chi connectivity index (χ0) is 32.1. The largest absolute Gasteiger partial charge is 0.462 e. The summed E-state index contributed by atoms with van der Waals surface area (Å²) in [4.78, 5) is 61.6. The molecule has 1 unspecified atom stereocenters. The minimum absolute atomic E-state index is 0.00497. The van der Waals surface area contributed by atoms with E-state index >= 15 is 0 Å². The average molecular weight is 630 g/mol. The van der Waals surface area contributed by atoms with Crippen LogP contribution in [0.15, 0.2) is 0 Å². The lowest BCUT2D eigenvalue weighted by atomic mass is 9.97. The van der Waals surface area contributed by atoms with Gasteiger partial charge in [-0.15, -0.1) is 0 Å². The van der Waals surface area contributed by atoms with Crippen LogP contribution in [0.1, 0.15) is 84.0 Å². The second kappa shape index (κ2) is 18.2. The predicted molar refractivity (Wildman–Crippen MR) is 151 cm³/mol. The van der Waals surface area contributed by atoms with Crippen molar-refractivity contribution in [1.29, 1.82) is 0 Å². The van der Waals surface area contributed by atoms with Gasteiger partial charge in [-0.1, -0.05) is 0 Å². The Morgan fingerprint density at radius 1 is 0.864 bits per heavy atom. The SMILES string of the molecule is CC(=O)N[C@H]1[C@H](OCCNC(=O)CCC(=O)NC(CCC(=O)OC2CCCC2)C(=O)OC2CCCC2)O[C@H](CO)[C@H](O)[C@@H]1O. The summed E-state index contributed by atoms with van der Waals surface area (Å²) in [6.45, 7) is 0.519. The molecule has 3 fully saturated rings. The van der Waals surface area contributed by atoms with Crippen LogP contribution in [0.3, 0.4) is 0 Å². The molecule has 6 atom stereocenters. The number of aliphatic hydroxyl groups is 3. The Kier molecular flexibility index (Phi) is 14.7. The maximum absolute atomic E-state index is 12.8. The third kappa shape index (κ3) is 11.6. The van der Waals surface area contributed by atoms with Crippen LogP contribution in [-0.2, 0) is 42.9 Å². The number of hydrogen-bond acceptors (Lipinski definition) is 12. The van der Waals surface area contributed by atoms with Crippen LogP contribution >= 0.6 is 0 Å². The molecule has 0 aromatic rings. The highest BCUT2D eigenvalue weighted by atomic mass is 16.7. The van der Waals surface area contributed by atoms with E-state index in [4.69, 9.17) is 18.9 Å². The van der Waals surface area contributed by atoms with Gasteiger partial charge in [-0.05, 0) is 57.8 Å². The van der Waals surface area contributed by atoms with Gasteiger partial charge < -0.3 is 50.2 Å². The standard InChI is InChI=1S/C29H47N3O12/c1-17(34)31-25-27(39)26(38)21(16-33)44-29(25)41-15-14-30-22(35)11-12-23(36)32-20(28(40)43-19-8-4-5-9-19)10-13-24(37)42-18-6-2-3-7-18/h18-21,25-27,29,33,38-39H,2-16H2,1H3,(H,30,35)(H,31,34)(H,32,36)/t20?,21-,25-,26+,27-,29-/m1/s1. The van der Waals surface area contributed by atoms with Gasteiger partial charge in [0, 0.05) is 32.7 Å². The Bertz CT molecular complexity index is 969. The van der Waals surface area contributed by atoms with Crippen LogP contribution in [-0.4, -0.2) is 114 Å². The van der Waals surface area contributed by atoms with E-state index in [1.165, 1.54) is 6.92 Å². The molecule has 0 aromatic heterocycles. The molecule has 250 valence electrons. The van der Waals surface area contributed by atoms with Crippen molar-refractivity contribution in [2.24, 2.45) is 0 Å². The first-order chi connectivity index (χ1) is 21.1. The summed E-state index contributed by atoms with van der Waals surface area (Å²) < 4.78 is 22.0. The number of hydrogen-bond donors (Lipinski definition) is 6. The van der Waals surface area contributed by atoms with Crippen molar-refractivity contribution < 1.29 is 58.2 Å². The number of ether oxygens (including phenoxy) is 4. The first kappa shape index (κ1) is 35.6. The lowest BCUT2D eigenvalue weighted by Crippen LogP contribution is -2.64. The maximum Gasteiger partial charge on any atom is 0.328 e. The molecule has 2 saturated carbocycles. The number of carbonyl (C=O) groups excluding carboxylic acids is 5. The van der Waals surface area contributed by atoms with Gasteiger partial charge >= 0.3 is 11.9 Å². The number of esters is 2. The third-order valence-electron chi connectivity index (χ3n) is 7.98. The third-order valence-corrected chi connectivity index (χ3v) is 7.98. The summed E-state index contributed by atoms with van der Waals surface area (Å²) in [5.41, 5.74) is 0. The maximum atomic E-state index is 12.8. The monoisotopic (exact) mass is 629 g/mol. The predicted octanol–water partition coefficient (Wildman–Crippen LogP) is -0.920. The summed E-state index contributed by atoms with van der Waals surface area (Å²) in [6, 6.07) is -2.15. The summed E-state index contributed by atoms with van der Waals surface area (Å²) in [6.07, 6.45) is 1.12. The molecule has 3 aliphatic rings. The highest BCUT2D eigenvalue weighted by Crippen LogP contribution is 2.24. The van der Waals surface area contributed by atoms with Gasteiger partial charge in [0.05, 0.1) is 13.2 Å². The molecule has 1 saturated heterocycles. The van der Waals surface area contributed by atoms with E-state index in [0.717, 1.165) is 51.4 Å². The molecule has 0 aromatic carbocycles. The fraction of sp³-hybridized carbons (Fsp3) is 0.828. The molecule has 0 spiro atoms. The van der Waals surface area contributed by atoms with E-state index < -0.39 is 73.0 Å². The minimum atomic E-state index is -1.46. The van der Waals surface area contributed by atoms with E-state index in [0.29, 0.717) is 0 Å². The van der Waals surface area contributed by atoms with Gasteiger partial charge in [0.25, 0.3) is 0 Å². The molecule has 1 aliphatic heterocycles. The minimum Gasteiger partial charge on any atom is -0.462 e. The van der Waals surface area contributed by atoms with Crippen LogP contribution < -0.4 is 16.0 Å². The number of aliphatic hydroxyl groups excluding tert-OH is 3. The van der Waals surface area contributed by atoms with Gasteiger partial charge in [0.1, 0.15) is 42.6 Å². The first-order valence-electron chi connectivity index (χ1n) is 15.5. The Morgan fingerprint density at radius 2 is 1.48 bits per heavy atom. The molecule has 15 heteroatoms. The Balaban J connectivity index is 1.41. The molecule has 1 heterocycles. The van der Waals surface area contributed by atoms with Gasteiger partial charge in [-0.2, -0.15) is 0 Å². The van der Waals surface area contributed by atoms with Gasteiger partial charge in [0.15, 0.2) is 6.29 Å². The molecular weight excluding hydrogens is 582 g/mol. The normalized spacial score (nSPS) is 26.5. The highest BCUT2D eigenvalue weighted by molar-refractivity contribution is 5.87. The molecule has 6 N–H and O–H groups in total. The Labute approximate surface area is 256 Å². The quantitative estimate of drug-likeness (QED) is 0.0902. The highest BCUT2D eigenvalue weighted by Gasteiger charge is 2.45. The van der Waals surface area contributed by atoms with E-state index in [9.17, 15) is 39.3 Å². The number of rotatable bonds is 16. The van der Waals surface area contributed by atoms with Crippen LogP contribution in [0.5, 0.6) is 0 Å². The van der Waals surface area contributed by atoms with Crippen molar-refractivity contribution in [3.8, 4) is 0 Å². The van der Waals surface area contributed by atoms with Gasteiger partial charge in [0.2, 0.25) is 17.7 Å². The van der Waals surface area contributed by atoms with Crippen LogP contribution in [0.4, 0.5) is 0 Å². The molecule has 2 aliphatic carbocycles. The molecular formula is C29H47N3O12. The second-order valence-corrected chi connectivity index (χ2v) is 11.6. The van der Waals surface area contributed by atoms with Gasteiger partial charge in [-0.3, -0.25) is 19.2 Å². The second-order valence-electron chi connectivity index (χ2n) is 11.6. The summed E-state index contributed by atoms with van der Waals surface area (Å²) in [5, 5.41) is 37.4. The lowest BCUT2D eigenvalue weighted by Gasteiger charge is -2.42. The zero-order valence-electron chi connectivity index (χ0n) is 25.2. The zero-order valence-corrected chi connectivity index (χ0v) is 25.2. The van der Waals surface area contributed by atoms with Crippen molar-refractivity contribution >= 4 is 29.7 Å². The van der Waals surface area contributed by atoms with Crippen molar-refractivity contribution in [3.63, 3.8) is 0 Å². The van der Waals surface area contributed by atoms with Crippen molar-refractivity contribution in [2.75, 3.05) is 19.8 Å². The van der Waals surface area contributed by atoms with E-state index in [1.807, 2.05) is 0 Å². The number of carbonyl (C=O) groups is 5. The van der Waals surface area contributed by atoms with Crippen LogP contribution in [0, 0.1) is 0 Å². The van der Waals surface area contributed by atoms with Crippen molar-refractivity contribution in [3.05, 3.63) is 0 Å². The molecule has 3 amide bonds. The van der Waals surface area contributed by atoms with E-state index in [1.54, 1.807) is 0 Å². The molecule has 44 heavy (non-hydrogen) atoms. The van der Waals surface area contributed by atoms with Crippen molar-refractivity contribution in [1.82, 2.24) is 16.0 Å². The molecule has 3 rings (SSSR count). The summed E-state index contributed by atoms with van der Waals surface area (Å²) in [5.74, 6) is -2.55. The average Bonchev–Trinajstić information content (AvgIpc) is 3.70. The van der Waals surface area contributed by atoms with Crippen LogP contribution in [0.2, 0.25) is 0 Å². The number of nitrogens with one attached hydrogen (secondary N) is 3.